The molecule has 1 N–H and O–H groups in total. The van der Waals surface area contributed by atoms with Gasteiger partial charge < -0.3 is 5.32 Å². The third-order valence-corrected chi connectivity index (χ3v) is 6.43. The number of hydrogen-bond donors (Lipinski definition) is 1. The van der Waals surface area contributed by atoms with E-state index in [1.807, 2.05) is 31.3 Å². The average Bonchev–Trinajstić information content (AvgIpc) is 2.74. The Kier molecular flexibility index (Phi) is 5.81. The molecule has 0 radical (unpaired) electrons. The second-order valence-corrected chi connectivity index (χ2v) is 8.39. The lowest BCUT2D eigenvalue weighted by Crippen LogP contribution is -2.29. The van der Waals surface area contributed by atoms with E-state index in [-0.39, 0.29) is 17.6 Å². The number of fused-ring (bicyclic) bond motifs is 1. The fourth-order valence-electron chi connectivity index (χ4n) is 4.43. The minimum atomic E-state index is -0.229. The van der Waals surface area contributed by atoms with Crippen LogP contribution in [0.25, 0.3) is 10.9 Å². The van der Waals surface area contributed by atoms with Crippen molar-refractivity contribution < 1.29 is 9.18 Å². The topological polar surface area (TPSA) is 42.0 Å². The van der Waals surface area contributed by atoms with Crippen molar-refractivity contribution in [2.24, 2.45) is 11.8 Å². The first-order valence-corrected chi connectivity index (χ1v) is 10.5. The van der Waals surface area contributed by atoms with E-state index >= 15 is 0 Å². The Hall–Kier alpha value is -2.46. The number of benzene rings is 2. The molecule has 0 saturated heterocycles. The van der Waals surface area contributed by atoms with E-state index in [0.717, 1.165) is 42.3 Å². The molecular formula is C24H24ClFN2O. The molecule has 1 heterocycles. The number of nitrogens with one attached hydrogen (secondary N) is 1. The van der Waals surface area contributed by atoms with Gasteiger partial charge in [0.25, 0.3) is 0 Å². The van der Waals surface area contributed by atoms with Crippen LogP contribution in [0.4, 0.5) is 10.1 Å². The Balaban J connectivity index is 1.41. The molecule has 1 fully saturated rings. The number of amides is 1. The van der Waals surface area contributed by atoms with Crippen molar-refractivity contribution in [1.29, 1.82) is 0 Å². The zero-order valence-corrected chi connectivity index (χ0v) is 17.1. The lowest BCUT2D eigenvalue weighted by Gasteiger charge is -2.32. The number of carbonyl (C=O) groups excluding carboxylic acids is 1. The van der Waals surface area contributed by atoms with Gasteiger partial charge >= 0.3 is 0 Å². The van der Waals surface area contributed by atoms with Gasteiger partial charge in [0.05, 0.1) is 5.52 Å². The molecule has 1 atom stereocenters. The molecule has 0 aliphatic heterocycles. The summed E-state index contributed by atoms with van der Waals surface area (Å²) in [6, 6.07) is 14.0. The maximum atomic E-state index is 13.8. The third kappa shape index (κ3) is 4.43. The van der Waals surface area contributed by atoms with E-state index in [4.69, 9.17) is 11.6 Å². The van der Waals surface area contributed by atoms with Gasteiger partial charge in [0.15, 0.2) is 0 Å². The zero-order valence-electron chi connectivity index (χ0n) is 16.4. The Morgan fingerprint density at radius 2 is 1.83 bits per heavy atom. The van der Waals surface area contributed by atoms with Crippen LogP contribution in [0.5, 0.6) is 0 Å². The van der Waals surface area contributed by atoms with Crippen LogP contribution < -0.4 is 5.32 Å². The Bertz CT molecular complexity index is 1010. The zero-order chi connectivity index (χ0) is 20.4. The first kappa shape index (κ1) is 19.8. The fourth-order valence-corrected chi connectivity index (χ4v) is 4.56. The van der Waals surface area contributed by atoms with E-state index in [1.165, 1.54) is 11.6 Å². The first-order valence-electron chi connectivity index (χ1n) is 10.1. The number of rotatable bonds is 4. The summed E-state index contributed by atoms with van der Waals surface area (Å²) in [6.45, 7) is 2.01. The van der Waals surface area contributed by atoms with Crippen molar-refractivity contribution in [3.63, 3.8) is 0 Å². The van der Waals surface area contributed by atoms with Gasteiger partial charge in [-0.25, -0.2) is 4.39 Å². The predicted molar refractivity (Wildman–Crippen MR) is 116 cm³/mol. The van der Waals surface area contributed by atoms with Crippen LogP contribution in [0.3, 0.4) is 0 Å². The SMILES string of the molecule is CC(C(=O)Nc1ccc(Cl)cc1)C1CCC(c2ccnc3ccc([18F])cc23)CC1. The Morgan fingerprint density at radius 1 is 1.10 bits per heavy atom. The molecule has 3 nitrogen and oxygen atoms in total. The van der Waals surface area contributed by atoms with E-state index < -0.39 is 0 Å². The molecule has 0 bridgehead atoms. The average molecular weight is 410 g/mol. The van der Waals surface area contributed by atoms with Crippen molar-refractivity contribution >= 4 is 34.1 Å². The molecule has 1 aliphatic rings. The number of carbonyl (C=O) groups is 1. The number of aromatic nitrogens is 1. The number of halogens is 2. The smallest absolute Gasteiger partial charge is 0.227 e. The van der Waals surface area contributed by atoms with E-state index in [1.54, 1.807) is 24.3 Å². The molecule has 1 unspecified atom stereocenters. The molecule has 3 aromatic rings. The third-order valence-electron chi connectivity index (χ3n) is 6.18. The molecule has 29 heavy (non-hydrogen) atoms. The molecule has 1 aromatic heterocycles. The molecular weight excluding hydrogens is 386 g/mol. The van der Waals surface area contributed by atoms with Crippen LogP contribution in [-0.4, -0.2) is 10.9 Å². The molecule has 2 aromatic carbocycles. The maximum absolute atomic E-state index is 13.8. The van der Waals surface area contributed by atoms with Gasteiger partial charge in [-0.1, -0.05) is 18.5 Å². The van der Waals surface area contributed by atoms with E-state index in [2.05, 4.69) is 10.3 Å². The molecule has 150 valence electrons. The highest BCUT2D eigenvalue weighted by Gasteiger charge is 2.30. The second-order valence-electron chi connectivity index (χ2n) is 7.96. The van der Waals surface area contributed by atoms with Crippen LogP contribution in [0.2, 0.25) is 5.02 Å². The lowest BCUT2D eigenvalue weighted by atomic mass is 9.73. The van der Waals surface area contributed by atoms with Crippen molar-refractivity contribution in [1.82, 2.24) is 4.98 Å². The van der Waals surface area contributed by atoms with Gasteiger partial charge in [-0.05, 0) is 91.6 Å². The molecule has 1 aliphatic carbocycles. The Morgan fingerprint density at radius 3 is 2.55 bits per heavy atom. The molecule has 5 heteroatoms. The monoisotopic (exact) mass is 409 g/mol. The minimum Gasteiger partial charge on any atom is -0.326 e. The summed E-state index contributed by atoms with van der Waals surface area (Å²) in [4.78, 5) is 17.0. The van der Waals surface area contributed by atoms with Crippen LogP contribution >= 0.6 is 11.6 Å². The van der Waals surface area contributed by atoms with Crippen molar-refractivity contribution in [2.45, 2.75) is 38.5 Å². The van der Waals surface area contributed by atoms with Gasteiger partial charge in [0, 0.05) is 28.2 Å². The van der Waals surface area contributed by atoms with Crippen molar-refractivity contribution in [3.8, 4) is 0 Å². The van der Waals surface area contributed by atoms with E-state index in [9.17, 15) is 9.18 Å². The standard InChI is InChI=1S/C24H24ClFN2O/c1-15(24(29)28-20-9-6-18(25)7-10-20)16-2-4-17(5-3-16)21-12-13-27-23-11-8-19(26)14-22(21)23/h6-17H,2-5H2,1H3,(H,28,29)/i26-1. The first-order chi connectivity index (χ1) is 14.0. The summed E-state index contributed by atoms with van der Waals surface area (Å²) < 4.78 is 13.8. The maximum Gasteiger partial charge on any atom is 0.227 e. The summed E-state index contributed by atoms with van der Waals surface area (Å²) in [5, 5.41) is 4.55. The van der Waals surface area contributed by atoms with Crippen LogP contribution in [0.15, 0.2) is 54.7 Å². The van der Waals surface area contributed by atoms with Gasteiger partial charge in [-0.15, -0.1) is 0 Å². The van der Waals surface area contributed by atoms with Crippen LogP contribution in [0, 0.1) is 17.7 Å². The van der Waals surface area contributed by atoms with Gasteiger partial charge in [0.1, 0.15) is 5.82 Å². The molecule has 1 amide bonds. The highest BCUT2D eigenvalue weighted by molar-refractivity contribution is 6.30. The predicted octanol–water partition coefficient (Wildman–Crippen LogP) is 6.58. The Labute approximate surface area is 175 Å². The number of pyridine rings is 1. The second kappa shape index (κ2) is 8.50. The highest BCUT2D eigenvalue weighted by Crippen LogP contribution is 2.41. The highest BCUT2D eigenvalue weighted by atomic mass is 35.5. The lowest BCUT2D eigenvalue weighted by molar-refractivity contribution is -0.121. The van der Waals surface area contributed by atoms with Gasteiger partial charge in [0.2, 0.25) is 5.91 Å². The molecule has 4 rings (SSSR count). The van der Waals surface area contributed by atoms with Gasteiger partial charge in [-0.3, -0.25) is 9.78 Å². The summed E-state index contributed by atoms with van der Waals surface area (Å²) in [5.41, 5.74) is 2.78. The fraction of sp³-hybridized carbons (Fsp3) is 0.333. The molecule has 1 saturated carbocycles. The summed E-state index contributed by atoms with van der Waals surface area (Å²) in [6.07, 6.45) is 5.78. The molecule has 0 spiro atoms. The number of nitrogens with zero attached hydrogens (tertiary/aromatic N) is 1. The number of anilines is 1. The van der Waals surface area contributed by atoms with Crippen molar-refractivity contribution in [2.75, 3.05) is 5.32 Å². The van der Waals surface area contributed by atoms with Crippen molar-refractivity contribution in [3.05, 3.63) is 71.1 Å². The summed E-state index contributed by atoms with van der Waals surface area (Å²) in [7, 11) is 0. The van der Waals surface area contributed by atoms with Crippen LogP contribution in [0.1, 0.15) is 44.1 Å². The number of hydrogen-bond acceptors (Lipinski definition) is 2. The van der Waals surface area contributed by atoms with E-state index in [0.29, 0.717) is 16.9 Å². The normalized spacial score (nSPS) is 20.4. The summed E-state index contributed by atoms with van der Waals surface area (Å²) >= 11 is 5.90. The summed E-state index contributed by atoms with van der Waals surface area (Å²) in [5.74, 6) is 0.492. The van der Waals surface area contributed by atoms with Crippen LogP contribution in [-0.2, 0) is 4.79 Å². The largest absolute Gasteiger partial charge is 0.326 e. The van der Waals surface area contributed by atoms with Gasteiger partial charge in [-0.2, -0.15) is 0 Å². The minimum absolute atomic E-state index is 0.0483. The quantitative estimate of drug-likeness (QED) is 0.529.